The second-order valence-electron chi connectivity index (χ2n) is 9.28. The molecule has 1 fully saturated rings. The quantitative estimate of drug-likeness (QED) is 0.178. The average molecular weight is 561 g/mol. The summed E-state index contributed by atoms with van der Waals surface area (Å²) in [5.41, 5.74) is 3.25. The molecular weight excluding hydrogens is 532 g/mol. The maximum atomic E-state index is 13.7. The molecule has 1 aliphatic heterocycles. The zero-order chi connectivity index (χ0) is 28.7. The molecule has 1 saturated heterocycles. The molecule has 0 bridgehead atoms. The van der Waals surface area contributed by atoms with Gasteiger partial charge < -0.3 is 24.1 Å². The topological polar surface area (TPSA) is 107 Å². The number of rotatable bonds is 7. The van der Waals surface area contributed by atoms with Crippen molar-refractivity contribution in [1.82, 2.24) is 4.98 Å². The second kappa shape index (κ2) is 10.5. The van der Waals surface area contributed by atoms with E-state index in [0.29, 0.717) is 44.8 Å². The number of anilines is 1. The summed E-state index contributed by atoms with van der Waals surface area (Å²) in [4.78, 5) is 33.3. The Bertz CT molecular complexity index is 1670. The molecule has 9 nitrogen and oxygen atoms in total. The van der Waals surface area contributed by atoms with Gasteiger partial charge in [-0.2, -0.15) is 0 Å². The fourth-order valence-electron chi connectivity index (χ4n) is 4.91. The zero-order valence-corrected chi connectivity index (χ0v) is 23.7. The van der Waals surface area contributed by atoms with Gasteiger partial charge in [-0.1, -0.05) is 17.4 Å². The third-order valence-electron chi connectivity index (χ3n) is 6.85. The van der Waals surface area contributed by atoms with Crippen molar-refractivity contribution in [3.8, 4) is 23.0 Å². The van der Waals surface area contributed by atoms with Crippen molar-refractivity contribution in [1.29, 1.82) is 0 Å². The first-order valence-corrected chi connectivity index (χ1v) is 13.2. The van der Waals surface area contributed by atoms with Gasteiger partial charge in [-0.3, -0.25) is 14.5 Å². The highest BCUT2D eigenvalue weighted by Gasteiger charge is 2.48. The Hall–Kier alpha value is -4.57. The van der Waals surface area contributed by atoms with Crippen LogP contribution in [0.5, 0.6) is 23.0 Å². The first kappa shape index (κ1) is 27.0. The molecule has 2 heterocycles. The Morgan fingerprint density at radius 2 is 1.55 bits per heavy atom. The number of fused-ring (bicyclic) bond motifs is 1. The third-order valence-corrected chi connectivity index (χ3v) is 7.87. The molecule has 10 heteroatoms. The number of benzene rings is 3. The van der Waals surface area contributed by atoms with Gasteiger partial charge in [-0.15, -0.1) is 0 Å². The predicted molar refractivity (Wildman–Crippen MR) is 153 cm³/mol. The highest BCUT2D eigenvalue weighted by molar-refractivity contribution is 7.22. The van der Waals surface area contributed by atoms with Crippen LogP contribution in [0.15, 0.2) is 54.1 Å². The lowest BCUT2D eigenvalue weighted by Crippen LogP contribution is -2.29. The van der Waals surface area contributed by atoms with Gasteiger partial charge >= 0.3 is 5.91 Å². The van der Waals surface area contributed by atoms with Crippen LogP contribution in [0.25, 0.3) is 16.0 Å². The molecule has 0 radical (unpaired) electrons. The van der Waals surface area contributed by atoms with Crippen LogP contribution in [0.3, 0.4) is 0 Å². The molecule has 4 aromatic rings. The van der Waals surface area contributed by atoms with Crippen molar-refractivity contribution in [3.05, 3.63) is 76.4 Å². The van der Waals surface area contributed by atoms with Crippen LogP contribution in [-0.2, 0) is 9.59 Å². The summed E-state index contributed by atoms with van der Waals surface area (Å²) >= 11 is 1.29. The molecule has 3 aromatic carbocycles. The Morgan fingerprint density at radius 1 is 0.875 bits per heavy atom. The van der Waals surface area contributed by atoms with Crippen molar-refractivity contribution in [2.45, 2.75) is 19.9 Å². The Labute approximate surface area is 235 Å². The van der Waals surface area contributed by atoms with E-state index in [1.165, 1.54) is 37.6 Å². The molecular formula is C30H28N2O7S. The average Bonchev–Trinajstić information content (AvgIpc) is 3.48. The molecule has 1 N–H and O–H groups in total. The second-order valence-corrected chi connectivity index (χ2v) is 10.3. The van der Waals surface area contributed by atoms with Crippen molar-refractivity contribution in [2.75, 3.05) is 33.3 Å². The largest absolute Gasteiger partial charge is 0.507 e. The van der Waals surface area contributed by atoms with E-state index in [-0.39, 0.29) is 11.3 Å². The minimum Gasteiger partial charge on any atom is -0.507 e. The number of aliphatic hydroxyl groups is 1. The SMILES string of the molecule is COc1ccc(C(O)=C2C(=O)C(=O)N(c3nc4ccc(C)cc4s3)[C@H]2c2cc(OC)c(OC)c(OC)c2)cc1C. The minimum absolute atomic E-state index is 0.0840. The summed E-state index contributed by atoms with van der Waals surface area (Å²) in [5, 5.41) is 11.9. The van der Waals surface area contributed by atoms with E-state index < -0.39 is 17.7 Å². The number of aryl methyl sites for hydroxylation is 2. The van der Waals surface area contributed by atoms with E-state index in [2.05, 4.69) is 4.98 Å². The molecule has 0 spiro atoms. The fourth-order valence-corrected chi connectivity index (χ4v) is 6.00. The first-order chi connectivity index (χ1) is 19.2. The normalized spacial score (nSPS) is 16.4. The molecule has 5 rings (SSSR count). The smallest absolute Gasteiger partial charge is 0.301 e. The maximum Gasteiger partial charge on any atom is 0.301 e. The Morgan fingerprint density at radius 3 is 2.15 bits per heavy atom. The molecule has 1 atom stereocenters. The number of hydrogen-bond acceptors (Lipinski definition) is 9. The molecule has 206 valence electrons. The summed E-state index contributed by atoms with van der Waals surface area (Å²) in [5.74, 6) is -0.302. The van der Waals surface area contributed by atoms with Crippen LogP contribution >= 0.6 is 11.3 Å². The number of ketones is 1. The number of methoxy groups -OCH3 is 4. The standard InChI is InChI=1S/C30H28N2O7S/c1-15-7-9-19-23(11-15)40-30(31-19)32-25(18-13-21(37-4)28(39-6)22(14-18)38-5)24(27(34)29(32)35)26(33)17-8-10-20(36-3)16(2)12-17/h7-14,25,33H,1-6H3/t25-/m0/s1. The van der Waals surface area contributed by atoms with Crippen molar-refractivity contribution in [3.63, 3.8) is 0 Å². The summed E-state index contributed by atoms with van der Waals surface area (Å²) in [6.07, 6.45) is 0. The van der Waals surface area contributed by atoms with Gasteiger partial charge in [0.2, 0.25) is 5.75 Å². The summed E-state index contributed by atoms with van der Waals surface area (Å²) < 4.78 is 22.8. The van der Waals surface area contributed by atoms with Gasteiger partial charge in [0, 0.05) is 5.56 Å². The lowest BCUT2D eigenvalue weighted by Gasteiger charge is -2.24. The van der Waals surface area contributed by atoms with Crippen LogP contribution in [0.1, 0.15) is 28.3 Å². The van der Waals surface area contributed by atoms with Crippen LogP contribution < -0.4 is 23.8 Å². The van der Waals surface area contributed by atoms with Crippen molar-refractivity contribution >= 4 is 44.1 Å². The number of aliphatic hydroxyl groups excluding tert-OH is 1. The molecule has 1 aromatic heterocycles. The highest BCUT2D eigenvalue weighted by Crippen LogP contribution is 2.48. The van der Waals surface area contributed by atoms with Gasteiger partial charge in [0.1, 0.15) is 11.5 Å². The Balaban J connectivity index is 1.78. The van der Waals surface area contributed by atoms with Gasteiger partial charge in [-0.05, 0) is 73.0 Å². The number of aromatic nitrogens is 1. The number of thiazole rings is 1. The number of carbonyl (C=O) groups excluding carboxylic acids is 2. The van der Waals surface area contributed by atoms with Gasteiger partial charge in [0.05, 0.1) is 50.3 Å². The molecule has 40 heavy (non-hydrogen) atoms. The summed E-state index contributed by atoms with van der Waals surface area (Å²) in [6.45, 7) is 3.80. The third kappa shape index (κ3) is 4.40. The number of ether oxygens (including phenoxy) is 4. The molecule has 0 unspecified atom stereocenters. The monoisotopic (exact) mass is 560 g/mol. The number of nitrogens with zero attached hydrogens (tertiary/aromatic N) is 2. The fraction of sp³-hybridized carbons (Fsp3) is 0.233. The molecule has 0 saturated carbocycles. The lowest BCUT2D eigenvalue weighted by molar-refractivity contribution is -0.132. The van der Waals surface area contributed by atoms with Crippen LogP contribution in [0, 0.1) is 13.8 Å². The van der Waals surface area contributed by atoms with Gasteiger partial charge in [-0.25, -0.2) is 4.98 Å². The summed E-state index contributed by atoms with van der Waals surface area (Å²) in [7, 11) is 6.00. The maximum absolute atomic E-state index is 13.7. The molecule has 1 aliphatic rings. The van der Waals surface area contributed by atoms with E-state index in [9.17, 15) is 14.7 Å². The van der Waals surface area contributed by atoms with Crippen molar-refractivity contribution in [2.24, 2.45) is 0 Å². The number of hydrogen-bond donors (Lipinski definition) is 1. The van der Waals surface area contributed by atoms with E-state index >= 15 is 0 Å². The Kier molecular flexibility index (Phi) is 7.12. The van der Waals surface area contributed by atoms with E-state index in [1.54, 1.807) is 37.4 Å². The lowest BCUT2D eigenvalue weighted by atomic mass is 9.94. The summed E-state index contributed by atoms with van der Waals surface area (Å²) in [6, 6.07) is 13.1. The van der Waals surface area contributed by atoms with Gasteiger partial charge in [0.15, 0.2) is 16.6 Å². The first-order valence-electron chi connectivity index (χ1n) is 12.4. The number of amides is 1. The predicted octanol–water partition coefficient (Wildman–Crippen LogP) is 5.57. The van der Waals surface area contributed by atoms with Crippen LogP contribution in [0.4, 0.5) is 5.13 Å². The van der Waals surface area contributed by atoms with Crippen LogP contribution in [0.2, 0.25) is 0 Å². The minimum atomic E-state index is -1.03. The van der Waals surface area contributed by atoms with E-state index in [1.807, 2.05) is 32.0 Å². The number of carbonyl (C=O) groups is 2. The van der Waals surface area contributed by atoms with E-state index in [4.69, 9.17) is 18.9 Å². The number of Topliss-reactive ketones (excluding diaryl/α,β-unsaturated/α-hetero) is 1. The molecule has 0 aliphatic carbocycles. The zero-order valence-electron chi connectivity index (χ0n) is 22.9. The molecule has 1 amide bonds. The van der Waals surface area contributed by atoms with Crippen molar-refractivity contribution < 1.29 is 33.6 Å². The van der Waals surface area contributed by atoms with Crippen LogP contribution in [-0.4, -0.2) is 50.2 Å². The van der Waals surface area contributed by atoms with Gasteiger partial charge in [0.25, 0.3) is 5.78 Å². The van der Waals surface area contributed by atoms with E-state index in [0.717, 1.165) is 15.8 Å². The highest BCUT2D eigenvalue weighted by atomic mass is 32.1.